The van der Waals surface area contributed by atoms with E-state index in [9.17, 15) is 9.59 Å². The quantitative estimate of drug-likeness (QED) is 0.815. The number of carbonyl (C=O) groups excluding carboxylic acids is 2. The van der Waals surface area contributed by atoms with Crippen LogP contribution in [0.2, 0.25) is 0 Å². The molecule has 0 aliphatic carbocycles. The maximum absolute atomic E-state index is 12.9. The van der Waals surface area contributed by atoms with E-state index in [2.05, 4.69) is 15.3 Å². The van der Waals surface area contributed by atoms with E-state index in [0.717, 1.165) is 49.6 Å². The van der Waals surface area contributed by atoms with Crippen molar-refractivity contribution in [2.75, 3.05) is 39.8 Å². The molecule has 1 aromatic rings. The van der Waals surface area contributed by atoms with Crippen LogP contribution >= 0.6 is 11.3 Å². The van der Waals surface area contributed by atoms with E-state index >= 15 is 0 Å². The molecule has 1 atom stereocenters. The van der Waals surface area contributed by atoms with Crippen molar-refractivity contribution in [3.8, 4) is 0 Å². The number of likely N-dealkylation sites (tertiary alicyclic amines) is 1. The minimum absolute atomic E-state index is 0.0641. The summed E-state index contributed by atoms with van der Waals surface area (Å²) in [5.41, 5.74) is 1.10. The second-order valence-electron chi connectivity index (χ2n) is 6.63. The topological polar surface area (TPSA) is 66.0 Å². The van der Waals surface area contributed by atoms with E-state index in [0.29, 0.717) is 19.6 Å². The monoisotopic (exact) mass is 366 g/mol. The summed E-state index contributed by atoms with van der Waals surface area (Å²) in [5, 5.41) is 3.19. The fourth-order valence-electron chi connectivity index (χ4n) is 3.57. The minimum atomic E-state index is -0.393. The SMILES string of the molecule is COC(=O)N1CCCC[C@H]1C(=O)N1CCN(Cc2csc(C)n2)CC1. The van der Waals surface area contributed by atoms with Gasteiger partial charge in [-0.1, -0.05) is 0 Å². The van der Waals surface area contributed by atoms with Crippen molar-refractivity contribution in [1.29, 1.82) is 0 Å². The van der Waals surface area contributed by atoms with E-state index in [1.54, 1.807) is 16.2 Å². The highest BCUT2D eigenvalue weighted by atomic mass is 32.1. The zero-order valence-corrected chi connectivity index (χ0v) is 15.8. The average Bonchev–Trinajstić information content (AvgIpc) is 3.06. The van der Waals surface area contributed by atoms with Crippen LogP contribution in [0, 0.1) is 6.92 Å². The number of thiazole rings is 1. The number of hydrogen-bond donors (Lipinski definition) is 0. The lowest BCUT2D eigenvalue weighted by Crippen LogP contribution is -2.57. The Morgan fingerprint density at radius 2 is 2.00 bits per heavy atom. The Morgan fingerprint density at radius 1 is 1.24 bits per heavy atom. The van der Waals surface area contributed by atoms with Crippen LogP contribution in [0.3, 0.4) is 0 Å². The number of aromatic nitrogens is 1. The first kappa shape index (κ1) is 18.1. The number of rotatable bonds is 3. The molecule has 2 saturated heterocycles. The number of aryl methyl sites for hydroxylation is 1. The lowest BCUT2D eigenvalue weighted by molar-refractivity contribution is -0.139. The first-order valence-corrected chi connectivity index (χ1v) is 9.73. The highest BCUT2D eigenvalue weighted by Crippen LogP contribution is 2.21. The molecule has 0 radical (unpaired) electrons. The lowest BCUT2D eigenvalue weighted by Gasteiger charge is -2.40. The summed E-state index contributed by atoms with van der Waals surface area (Å²) < 4.78 is 4.84. The van der Waals surface area contributed by atoms with Crippen LogP contribution in [0.5, 0.6) is 0 Å². The molecule has 0 aromatic carbocycles. The summed E-state index contributed by atoms with van der Waals surface area (Å²) in [6.07, 6.45) is 2.24. The van der Waals surface area contributed by atoms with Crippen LogP contribution in [0.1, 0.15) is 30.0 Å². The van der Waals surface area contributed by atoms with E-state index in [-0.39, 0.29) is 11.9 Å². The van der Waals surface area contributed by atoms with Gasteiger partial charge in [-0.15, -0.1) is 11.3 Å². The van der Waals surface area contributed by atoms with Crippen molar-refractivity contribution in [1.82, 2.24) is 19.7 Å². The van der Waals surface area contributed by atoms with Gasteiger partial charge in [0.15, 0.2) is 0 Å². The Balaban J connectivity index is 1.54. The summed E-state index contributed by atoms with van der Waals surface area (Å²) in [5.74, 6) is 0.0641. The third-order valence-corrected chi connectivity index (χ3v) is 5.76. The van der Waals surface area contributed by atoms with Crippen LogP contribution in [0.15, 0.2) is 5.38 Å². The predicted molar refractivity (Wildman–Crippen MR) is 95.5 cm³/mol. The smallest absolute Gasteiger partial charge is 0.410 e. The molecule has 2 aliphatic rings. The van der Waals surface area contributed by atoms with E-state index in [1.807, 2.05) is 11.8 Å². The molecule has 25 heavy (non-hydrogen) atoms. The van der Waals surface area contributed by atoms with Gasteiger partial charge in [0, 0.05) is 44.6 Å². The Labute approximate surface area is 152 Å². The first-order chi connectivity index (χ1) is 12.1. The molecule has 2 amide bonds. The average molecular weight is 366 g/mol. The van der Waals surface area contributed by atoms with Gasteiger partial charge >= 0.3 is 6.09 Å². The molecule has 7 nitrogen and oxygen atoms in total. The summed E-state index contributed by atoms with van der Waals surface area (Å²) >= 11 is 1.67. The fraction of sp³-hybridized carbons (Fsp3) is 0.706. The summed E-state index contributed by atoms with van der Waals surface area (Å²) in [6.45, 7) is 6.54. The maximum atomic E-state index is 12.9. The van der Waals surface area contributed by atoms with Crippen LogP contribution in [-0.4, -0.2) is 77.6 Å². The molecule has 0 N–H and O–H groups in total. The van der Waals surface area contributed by atoms with Crippen molar-refractivity contribution >= 4 is 23.3 Å². The first-order valence-electron chi connectivity index (χ1n) is 8.85. The molecule has 3 rings (SSSR count). The number of methoxy groups -OCH3 is 1. The van der Waals surface area contributed by atoms with Crippen molar-refractivity contribution in [3.63, 3.8) is 0 Å². The molecule has 2 aliphatic heterocycles. The molecule has 8 heteroatoms. The number of piperazine rings is 1. The van der Waals surface area contributed by atoms with Crippen LogP contribution in [-0.2, 0) is 16.1 Å². The van der Waals surface area contributed by atoms with Gasteiger partial charge in [-0.2, -0.15) is 0 Å². The molecule has 138 valence electrons. The van der Waals surface area contributed by atoms with Crippen molar-refractivity contribution in [2.24, 2.45) is 0 Å². The Kier molecular flexibility index (Phi) is 5.90. The number of hydrogen-bond acceptors (Lipinski definition) is 6. The Hall–Kier alpha value is -1.67. The van der Waals surface area contributed by atoms with E-state index in [4.69, 9.17) is 4.74 Å². The second kappa shape index (κ2) is 8.14. The number of amides is 2. The van der Waals surface area contributed by atoms with Gasteiger partial charge in [0.05, 0.1) is 17.8 Å². The Bertz CT molecular complexity index is 613. The Morgan fingerprint density at radius 3 is 2.64 bits per heavy atom. The van der Waals surface area contributed by atoms with Crippen LogP contribution in [0.25, 0.3) is 0 Å². The molecule has 3 heterocycles. The summed E-state index contributed by atoms with van der Waals surface area (Å²) in [7, 11) is 1.37. The number of piperidine rings is 1. The minimum Gasteiger partial charge on any atom is -0.453 e. The second-order valence-corrected chi connectivity index (χ2v) is 7.70. The summed E-state index contributed by atoms with van der Waals surface area (Å²) in [4.78, 5) is 35.2. The third-order valence-electron chi connectivity index (χ3n) is 4.93. The standard InChI is InChI=1S/C17H26N4O3S/c1-13-18-14(12-25-13)11-19-7-9-20(10-8-19)16(22)15-5-3-4-6-21(15)17(23)24-2/h12,15H,3-11H2,1-2H3/t15-/m0/s1. The largest absolute Gasteiger partial charge is 0.453 e. The van der Waals surface area contributed by atoms with Crippen LogP contribution < -0.4 is 0 Å². The summed E-state index contributed by atoms with van der Waals surface area (Å²) in [6, 6.07) is -0.367. The highest BCUT2D eigenvalue weighted by molar-refractivity contribution is 7.09. The van der Waals surface area contributed by atoms with Gasteiger partial charge in [0.25, 0.3) is 0 Å². The van der Waals surface area contributed by atoms with E-state index < -0.39 is 6.09 Å². The van der Waals surface area contributed by atoms with Gasteiger partial charge in [0.2, 0.25) is 5.91 Å². The molecule has 0 bridgehead atoms. The molecular formula is C17H26N4O3S. The fourth-order valence-corrected chi connectivity index (χ4v) is 4.17. The van der Waals surface area contributed by atoms with Gasteiger partial charge in [-0.3, -0.25) is 14.6 Å². The number of ether oxygens (including phenoxy) is 1. The zero-order chi connectivity index (χ0) is 17.8. The number of nitrogens with zero attached hydrogens (tertiary/aromatic N) is 4. The molecule has 0 unspecified atom stereocenters. The van der Waals surface area contributed by atoms with Gasteiger partial charge < -0.3 is 9.64 Å². The van der Waals surface area contributed by atoms with Crippen molar-refractivity contribution in [3.05, 3.63) is 16.1 Å². The van der Waals surface area contributed by atoms with Crippen LogP contribution in [0.4, 0.5) is 4.79 Å². The zero-order valence-electron chi connectivity index (χ0n) is 14.9. The highest BCUT2D eigenvalue weighted by Gasteiger charge is 2.36. The predicted octanol–water partition coefficient (Wildman–Crippen LogP) is 1.72. The molecule has 0 saturated carbocycles. The number of carbonyl (C=O) groups is 2. The van der Waals surface area contributed by atoms with Crippen molar-refractivity contribution in [2.45, 2.75) is 38.8 Å². The normalized spacial score (nSPS) is 22.1. The maximum Gasteiger partial charge on any atom is 0.410 e. The molecule has 2 fully saturated rings. The molecule has 0 spiro atoms. The molecular weight excluding hydrogens is 340 g/mol. The lowest BCUT2D eigenvalue weighted by atomic mass is 10.0. The van der Waals surface area contributed by atoms with Gasteiger partial charge in [0.1, 0.15) is 6.04 Å². The van der Waals surface area contributed by atoms with Gasteiger partial charge in [-0.25, -0.2) is 9.78 Å². The van der Waals surface area contributed by atoms with Crippen molar-refractivity contribution < 1.29 is 14.3 Å². The molecule has 1 aromatic heterocycles. The third kappa shape index (κ3) is 4.30. The van der Waals surface area contributed by atoms with E-state index in [1.165, 1.54) is 7.11 Å². The van der Waals surface area contributed by atoms with Gasteiger partial charge in [-0.05, 0) is 26.2 Å².